The van der Waals surface area contributed by atoms with Crippen molar-refractivity contribution in [3.63, 3.8) is 0 Å². The molecule has 0 aromatic heterocycles. The highest BCUT2D eigenvalue weighted by molar-refractivity contribution is 5.96. The van der Waals surface area contributed by atoms with Crippen LogP contribution in [0.4, 0.5) is 15.8 Å². The Labute approximate surface area is 101 Å². The highest BCUT2D eigenvalue weighted by atomic mass is 19.1. The Morgan fingerprint density at radius 2 is 2.28 bits per heavy atom. The van der Waals surface area contributed by atoms with Crippen LogP contribution in [0, 0.1) is 33.2 Å². The van der Waals surface area contributed by atoms with Crippen molar-refractivity contribution < 1.29 is 14.1 Å². The molecule has 1 amide bonds. The van der Waals surface area contributed by atoms with Crippen molar-refractivity contribution in [2.75, 3.05) is 11.4 Å². The summed E-state index contributed by atoms with van der Waals surface area (Å²) in [6, 6.07) is 5.03. The molecule has 0 spiro atoms. The number of nitro groups is 1. The monoisotopic (exact) mass is 249 g/mol. The molecule has 1 aliphatic heterocycles. The molecule has 18 heavy (non-hydrogen) atoms. The molecule has 6 nitrogen and oxygen atoms in total. The first-order valence-electron chi connectivity index (χ1n) is 5.17. The van der Waals surface area contributed by atoms with E-state index in [0.29, 0.717) is 0 Å². The second-order valence-electron chi connectivity index (χ2n) is 3.93. The van der Waals surface area contributed by atoms with Gasteiger partial charge in [0.2, 0.25) is 5.91 Å². The smallest absolute Gasteiger partial charge is 0.272 e. The number of halogens is 1. The largest absolute Gasteiger partial charge is 0.308 e. The Hall–Kier alpha value is -2.49. The normalized spacial score (nSPS) is 18.8. The standard InChI is InChI=1S/C11H8FN3O3/c12-9-4-8(15(17)18)1-2-10(9)14-6-7(5-13)3-11(14)16/h1-2,4,7H,3,6H2. The molecule has 1 unspecified atom stereocenters. The number of nitriles is 1. The van der Waals surface area contributed by atoms with E-state index in [1.807, 2.05) is 6.07 Å². The molecule has 1 atom stereocenters. The first kappa shape index (κ1) is 12.0. The van der Waals surface area contributed by atoms with Crippen LogP contribution in [0.1, 0.15) is 6.42 Å². The highest BCUT2D eigenvalue weighted by Crippen LogP contribution is 2.29. The number of nitro benzene ring substituents is 1. The van der Waals surface area contributed by atoms with Crippen LogP contribution in [-0.4, -0.2) is 17.4 Å². The topological polar surface area (TPSA) is 87.2 Å². The maximum atomic E-state index is 13.7. The predicted octanol–water partition coefficient (Wildman–Crippen LogP) is 1.61. The van der Waals surface area contributed by atoms with Gasteiger partial charge in [0.25, 0.3) is 5.69 Å². The van der Waals surface area contributed by atoms with Crippen LogP contribution in [0.5, 0.6) is 0 Å². The van der Waals surface area contributed by atoms with Gasteiger partial charge in [-0.15, -0.1) is 0 Å². The van der Waals surface area contributed by atoms with E-state index in [1.54, 1.807) is 0 Å². The van der Waals surface area contributed by atoms with Crippen molar-refractivity contribution in [1.82, 2.24) is 0 Å². The first-order chi connectivity index (χ1) is 8.52. The van der Waals surface area contributed by atoms with Crippen molar-refractivity contribution in [2.24, 2.45) is 5.92 Å². The average molecular weight is 249 g/mol. The average Bonchev–Trinajstić information content (AvgIpc) is 2.70. The zero-order valence-electron chi connectivity index (χ0n) is 9.17. The van der Waals surface area contributed by atoms with Gasteiger partial charge in [-0.1, -0.05) is 0 Å². The van der Waals surface area contributed by atoms with Crippen molar-refractivity contribution in [2.45, 2.75) is 6.42 Å². The predicted molar refractivity (Wildman–Crippen MR) is 59.1 cm³/mol. The van der Waals surface area contributed by atoms with Crippen molar-refractivity contribution in [3.8, 4) is 6.07 Å². The van der Waals surface area contributed by atoms with Crippen molar-refractivity contribution in [1.29, 1.82) is 5.26 Å². The number of hydrogen-bond acceptors (Lipinski definition) is 4. The van der Waals surface area contributed by atoms with E-state index in [2.05, 4.69) is 0 Å². The molecule has 0 bridgehead atoms. The second kappa shape index (κ2) is 4.41. The lowest BCUT2D eigenvalue weighted by Crippen LogP contribution is -2.25. The van der Waals surface area contributed by atoms with Gasteiger partial charge in [0, 0.05) is 19.0 Å². The Morgan fingerprint density at radius 1 is 1.56 bits per heavy atom. The van der Waals surface area contributed by atoms with Gasteiger partial charge in [-0.3, -0.25) is 14.9 Å². The summed E-state index contributed by atoms with van der Waals surface area (Å²) in [7, 11) is 0. The molecule has 1 aromatic rings. The van der Waals surface area contributed by atoms with Crippen LogP contribution in [0.3, 0.4) is 0 Å². The van der Waals surface area contributed by atoms with Gasteiger partial charge >= 0.3 is 0 Å². The summed E-state index contributed by atoms with van der Waals surface area (Å²) in [5, 5.41) is 19.2. The fourth-order valence-corrected chi connectivity index (χ4v) is 1.86. The number of rotatable bonds is 2. The van der Waals surface area contributed by atoms with E-state index in [0.717, 1.165) is 17.0 Å². The van der Waals surface area contributed by atoms with Gasteiger partial charge < -0.3 is 4.90 Å². The summed E-state index contributed by atoms with van der Waals surface area (Å²) in [6.45, 7) is 0.115. The molecule has 0 saturated carbocycles. The number of anilines is 1. The van der Waals surface area contributed by atoms with Gasteiger partial charge in [0.15, 0.2) is 5.82 Å². The summed E-state index contributed by atoms with van der Waals surface area (Å²) in [6.07, 6.45) is 0.0485. The number of carbonyl (C=O) groups excluding carboxylic acids is 1. The van der Waals surface area contributed by atoms with Crippen LogP contribution in [0.2, 0.25) is 0 Å². The lowest BCUT2D eigenvalue weighted by Gasteiger charge is -2.16. The molecule has 0 aliphatic carbocycles. The third kappa shape index (κ3) is 2.00. The van der Waals surface area contributed by atoms with Gasteiger partial charge in [-0.25, -0.2) is 4.39 Å². The summed E-state index contributed by atoms with van der Waals surface area (Å²) >= 11 is 0. The third-order valence-corrected chi connectivity index (χ3v) is 2.74. The molecule has 7 heteroatoms. The van der Waals surface area contributed by atoms with Crippen molar-refractivity contribution >= 4 is 17.3 Å². The van der Waals surface area contributed by atoms with Crippen LogP contribution in [0.25, 0.3) is 0 Å². The molecule has 0 N–H and O–H groups in total. The van der Waals surface area contributed by atoms with Gasteiger partial charge in [0.1, 0.15) is 0 Å². The number of hydrogen-bond donors (Lipinski definition) is 0. The molecule has 2 rings (SSSR count). The molecule has 1 aromatic carbocycles. The fraction of sp³-hybridized carbons (Fsp3) is 0.273. The fourth-order valence-electron chi connectivity index (χ4n) is 1.86. The Kier molecular flexibility index (Phi) is 2.93. The minimum absolute atomic E-state index is 0.0247. The number of nitrogens with zero attached hydrogens (tertiary/aromatic N) is 3. The van der Waals surface area contributed by atoms with E-state index >= 15 is 0 Å². The number of amides is 1. The zero-order chi connectivity index (χ0) is 13.3. The lowest BCUT2D eigenvalue weighted by atomic mass is 10.1. The van der Waals surface area contributed by atoms with Crippen molar-refractivity contribution in [3.05, 3.63) is 34.1 Å². The zero-order valence-corrected chi connectivity index (χ0v) is 9.17. The minimum Gasteiger partial charge on any atom is -0.308 e. The van der Waals surface area contributed by atoms with Crippen LogP contribution in [0.15, 0.2) is 18.2 Å². The molecule has 1 heterocycles. The summed E-state index contributed by atoms with van der Waals surface area (Å²) in [5.74, 6) is -1.66. The van der Waals surface area contributed by atoms with E-state index in [4.69, 9.17) is 5.26 Å². The summed E-state index contributed by atoms with van der Waals surface area (Å²) < 4.78 is 13.7. The maximum Gasteiger partial charge on any atom is 0.272 e. The Balaban J connectivity index is 2.33. The summed E-state index contributed by atoms with van der Waals surface area (Å²) in [4.78, 5) is 22.5. The quantitative estimate of drug-likeness (QED) is 0.588. The number of carbonyl (C=O) groups is 1. The lowest BCUT2D eigenvalue weighted by molar-refractivity contribution is -0.385. The van der Waals surface area contributed by atoms with Crippen LogP contribution < -0.4 is 4.90 Å². The second-order valence-corrected chi connectivity index (χ2v) is 3.93. The number of non-ortho nitro benzene ring substituents is 1. The van der Waals surface area contributed by atoms with Gasteiger partial charge in [0.05, 0.1) is 28.7 Å². The number of benzene rings is 1. The third-order valence-electron chi connectivity index (χ3n) is 2.74. The van der Waals surface area contributed by atoms with E-state index < -0.39 is 16.7 Å². The first-order valence-corrected chi connectivity index (χ1v) is 5.17. The molecular weight excluding hydrogens is 241 g/mol. The van der Waals surface area contributed by atoms with E-state index in [9.17, 15) is 19.3 Å². The molecule has 1 aliphatic rings. The Bertz CT molecular complexity index is 567. The minimum atomic E-state index is -0.837. The maximum absolute atomic E-state index is 13.7. The highest BCUT2D eigenvalue weighted by Gasteiger charge is 2.32. The molecule has 0 radical (unpaired) electrons. The van der Waals surface area contributed by atoms with E-state index in [1.165, 1.54) is 6.07 Å². The SMILES string of the molecule is N#CC1CC(=O)N(c2ccc([N+](=O)[O-])cc2F)C1. The van der Waals surface area contributed by atoms with Crippen LogP contribution in [-0.2, 0) is 4.79 Å². The molecular formula is C11H8FN3O3. The van der Waals surface area contributed by atoms with Gasteiger partial charge in [-0.2, -0.15) is 5.26 Å². The molecule has 1 saturated heterocycles. The summed E-state index contributed by atoms with van der Waals surface area (Å²) in [5.41, 5.74) is -0.400. The van der Waals surface area contributed by atoms with E-state index in [-0.39, 0.29) is 30.2 Å². The molecule has 92 valence electrons. The molecule has 1 fully saturated rings. The Morgan fingerprint density at radius 3 is 2.78 bits per heavy atom. The van der Waals surface area contributed by atoms with Gasteiger partial charge in [-0.05, 0) is 6.07 Å². The van der Waals surface area contributed by atoms with Crippen LogP contribution >= 0.6 is 0 Å².